The Kier molecular flexibility index (Phi) is 4.82. The number of halogens is 1. The largest absolute Gasteiger partial charge is 0.480 e. The standard InChI is InChI=1S/C24H22FNO3/c1-24(2)22(27)21(26-23(28)16-8-11-18(25)12-9-16)19-14-17(10-13-20(19)29-24)15-6-4-3-5-7-15/h4,6-14,21H,3,5H2,1-2H3,(H,26,28). The van der Waals surface area contributed by atoms with Crippen molar-refractivity contribution < 1.29 is 18.7 Å². The fourth-order valence-corrected chi connectivity index (χ4v) is 3.65. The topological polar surface area (TPSA) is 55.4 Å². The van der Waals surface area contributed by atoms with Crippen molar-refractivity contribution in [3.63, 3.8) is 0 Å². The average Bonchev–Trinajstić information content (AvgIpc) is 2.72. The molecule has 1 aliphatic heterocycles. The van der Waals surface area contributed by atoms with Crippen LogP contribution in [0.1, 0.15) is 54.2 Å². The zero-order valence-electron chi connectivity index (χ0n) is 16.4. The van der Waals surface area contributed by atoms with Crippen molar-refractivity contribution in [2.45, 2.75) is 38.3 Å². The smallest absolute Gasteiger partial charge is 0.252 e. The molecule has 0 fully saturated rings. The van der Waals surface area contributed by atoms with E-state index in [4.69, 9.17) is 4.74 Å². The number of Topliss-reactive ketones (excluding diaryl/α,β-unsaturated/α-hetero) is 1. The van der Waals surface area contributed by atoms with E-state index in [9.17, 15) is 14.0 Å². The molecule has 2 aromatic carbocycles. The van der Waals surface area contributed by atoms with Crippen molar-refractivity contribution in [2.24, 2.45) is 0 Å². The summed E-state index contributed by atoms with van der Waals surface area (Å²) in [6, 6.07) is 10.1. The monoisotopic (exact) mass is 391 g/mol. The molecule has 1 atom stereocenters. The molecule has 0 spiro atoms. The third-order valence-electron chi connectivity index (χ3n) is 5.25. The third-order valence-corrected chi connectivity index (χ3v) is 5.25. The normalized spacial score (nSPS) is 19.8. The Morgan fingerprint density at radius 2 is 1.90 bits per heavy atom. The van der Waals surface area contributed by atoms with Crippen LogP contribution in [0.2, 0.25) is 0 Å². The van der Waals surface area contributed by atoms with Crippen LogP contribution in [0.15, 0.2) is 60.7 Å². The summed E-state index contributed by atoms with van der Waals surface area (Å²) in [4.78, 5) is 25.8. The number of ether oxygens (including phenoxy) is 1. The minimum absolute atomic E-state index is 0.231. The maximum atomic E-state index is 13.2. The van der Waals surface area contributed by atoms with Crippen molar-refractivity contribution in [2.75, 3.05) is 0 Å². The number of hydrogen-bond donors (Lipinski definition) is 1. The summed E-state index contributed by atoms with van der Waals surface area (Å²) in [5.41, 5.74) is 1.90. The number of rotatable bonds is 3. The van der Waals surface area contributed by atoms with E-state index in [0.29, 0.717) is 16.9 Å². The molecule has 0 radical (unpaired) electrons. The van der Waals surface area contributed by atoms with E-state index in [1.807, 2.05) is 18.2 Å². The highest BCUT2D eigenvalue weighted by molar-refractivity contribution is 6.01. The Balaban J connectivity index is 1.71. The maximum Gasteiger partial charge on any atom is 0.252 e. The quantitative estimate of drug-likeness (QED) is 0.820. The van der Waals surface area contributed by atoms with Crippen molar-refractivity contribution in [3.8, 4) is 5.75 Å². The van der Waals surface area contributed by atoms with Gasteiger partial charge in [0.15, 0.2) is 5.60 Å². The molecule has 1 amide bonds. The molecule has 0 saturated heterocycles. The molecule has 1 heterocycles. The number of carbonyl (C=O) groups excluding carboxylic acids is 2. The molecule has 2 aromatic rings. The van der Waals surface area contributed by atoms with E-state index in [0.717, 1.165) is 24.0 Å². The zero-order chi connectivity index (χ0) is 20.6. The van der Waals surface area contributed by atoms with Crippen molar-refractivity contribution >= 4 is 17.3 Å². The Labute approximate surface area is 169 Å². The van der Waals surface area contributed by atoms with Gasteiger partial charge in [0.2, 0.25) is 5.78 Å². The Hall–Kier alpha value is -3.21. The summed E-state index contributed by atoms with van der Waals surface area (Å²) < 4.78 is 19.1. The number of fused-ring (bicyclic) bond motifs is 1. The molecule has 4 nitrogen and oxygen atoms in total. The van der Waals surface area contributed by atoms with Crippen LogP contribution >= 0.6 is 0 Å². The fraction of sp³-hybridized carbons (Fsp3) is 0.250. The summed E-state index contributed by atoms with van der Waals surface area (Å²) in [6.07, 6.45) is 8.32. The predicted molar refractivity (Wildman–Crippen MR) is 109 cm³/mol. The molecule has 29 heavy (non-hydrogen) atoms. The molecular formula is C24H22FNO3. The van der Waals surface area contributed by atoms with E-state index in [-0.39, 0.29) is 5.78 Å². The van der Waals surface area contributed by atoms with Gasteiger partial charge in [-0.3, -0.25) is 9.59 Å². The van der Waals surface area contributed by atoms with Crippen molar-refractivity contribution in [1.82, 2.24) is 5.32 Å². The van der Waals surface area contributed by atoms with Gasteiger partial charge in [-0.2, -0.15) is 0 Å². The fourth-order valence-electron chi connectivity index (χ4n) is 3.65. The number of nitrogens with one attached hydrogen (secondary N) is 1. The lowest BCUT2D eigenvalue weighted by Crippen LogP contribution is -2.50. The van der Waals surface area contributed by atoms with Gasteiger partial charge in [-0.25, -0.2) is 4.39 Å². The molecule has 1 aliphatic carbocycles. The van der Waals surface area contributed by atoms with Gasteiger partial charge >= 0.3 is 0 Å². The highest BCUT2D eigenvalue weighted by Crippen LogP contribution is 2.39. The lowest BCUT2D eigenvalue weighted by atomic mass is 9.86. The molecule has 4 rings (SSSR count). The highest BCUT2D eigenvalue weighted by atomic mass is 19.1. The third kappa shape index (κ3) is 3.73. The summed E-state index contributed by atoms with van der Waals surface area (Å²) in [6.45, 7) is 3.38. The van der Waals surface area contributed by atoms with Gasteiger partial charge in [0, 0.05) is 11.1 Å². The first-order chi connectivity index (χ1) is 13.8. The predicted octanol–water partition coefficient (Wildman–Crippen LogP) is 4.77. The van der Waals surface area contributed by atoms with Gasteiger partial charge in [0.1, 0.15) is 17.6 Å². The van der Waals surface area contributed by atoms with Crippen LogP contribution in [-0.4, -0.2) is 17.3 Å². The van der Waals surface area contributed by atoms with Gasteiger partial charge in [-0.05, 0) is 74.2 Å². The highest BCUT2D eigenvalue weighted by Gasteiger charge is 2.43. The molecule has 1 unspecified atom stereocenters. The van der Waals surface area contributed by atoms with Gasteiger partial charge in [-0.15, -0.1) is 0 Å². The molecule has 0 bridgehead atoms. The summed E-state index contributed by atoms with van der Waals surface area (Å²) in [7, 11) is 0. The van der Waals surface area contributed by atoms with E-state index in [1.54, 1.807) is 13.8 Å². The van der Waals surface area contributed by atoms with E-state index in [2.05, 4.69) is 23.5 Å². The van der Waals surface area contributed by atoms with Gasteiger partial charge in [0.25, 0.3) is 5.91 Å². The maximum absolute atomic E-state index is 13.2. The van der Waals surface area contributed by atoms with Crippen LogP contribution in [0, 0.1) is 5.82 Å². The summed E-state index contributed by atoms with van der Waals surface area (Å²) >= 11 is 0. The molecule has 0 saturated carbocycles. The number of amides is 1. The van der Waals surface area contributed by atoms with Gasteiger partial charge in [0.05, 0.1) is 0 Å². The molecule has 2 aliphatic rings. The van der Waals surface area contributed by atoms with Crippen LogP contribution in [0.4, 0.5) is 4.39 Å². The first kappa shape index (κ1) is 19.1. The van der Waals surface area contributed by atoms with Gasteiger partial charge in [-0.1, -0.05) is 24.3 Å². The molecule has 1 N–H and O–H groups in total. The number of allylic oxidation sites excluding steroid dienone is 4. The Morgan fingerprint density at radius 3 is 2.59 bits per heavy atom. The first-order valence-electron chi connectivity index (χ1n) is 9.66. The summed E-state index contributed by atoms with van der Waals surface area (Å²) in [5, 5.41) is 2.82. The second-order valence-corrected chi connectivity index (χ2v) is 7.78. The van der Waals surface area contributed by atoms with Crippen LogP contribution < -0.4 is 10.1 Å². The van der Waals surface area contributed by atoms with E-state index in [1.165, 1.54) is 24.3 Å². The number of carbonyl (C=O) groups is 2. The second kappa shape index (κ2) is 7.32. The number of hydrogen-bond acceptors (Lipinski definition) is 3. The SMILES string of the molecule is CC1(C)Oc2ccc(C3=CCCC=C3)cc2C(NC(=O)c2ccc(F)cc2)C1=O. The summed E-state index contributed by atoms with van der Waals surface area (Å²) in [5.74, 6) is -0.517. The molecule has 148 valence electrons. The molecule has 5 heteroatoms. The lowest BCUT2D eigenvalue weighted by Gasteiger charge is -2.36. The van der Waals surface area contributed by atoms with Crippen molar-refractivity contribution in [1.29, 1.82) is 0 Å². The minimum Gasteiger partial charge on any atom is -0.480 e. The Bertz CT molecular complexity index is 1030. The second-order valence-electron chi connectivity index (χ2n) is 7.78. The van der Waals surface area contributed by atoms with Crippen molar-refractivity contribution in [3.05, 3.63) is 83.2 Å². The number of benzene rings is 2. The van der Waals surface area contributed by atoms with Crippen LogP contribution in [0.25, 0.3) is 5.57 Å². The van der Waals surface area contributed by atoms with Gasteiger partial charge < -0.3 is 10.1 Å². The van der Waals surface area contributed by atoms with Crippen LogP contribution in [-0.2, 0) is 4.79 Å². The molecular weight excluding hydrogens is 369 g/mol. The van der Waals surface area contributed by atoms with E-state index < -0.39 is 23.4 Å². The molecule has 0 aromatic heterocycles. The Morgan fingerprint density at radius 1 is 1.14 bits per heavy atom. The lowest BCUT2D eigenvalue weighted by molar-refractivity contribution is -0.136. The number of ketones is 1. The first-order valence-corrected chi connectivity index (χ1v) is 9.66. The van der Waals surface area contributed by atoms with Crippen LogP contribution in [0.3, 0.4) is 0 Å². The average molecular weight is 391 g/mol. The zero-order valence-corrected chi connectivity index (χ0v) is 16.4. The van der Waals surface area contributed by atoms with E-state index >= 15 is 0 Å². The van der Waals surface area contributed by atoms with Crippen LogP contribution in [0.5, 0.6) is 5.75 Å². The minimum atomic E-state index is -1.07.